The van der Waals surface area contributed by atoms with Crippen molar-refractivity contribution in [2.75, 3.05) is 0 Å². The lowest BCUT2D eigenvalue weighted by molar-refractivity contribution is 1.12. The Morgan fingerprint density at radius 1 is 0.897 bits per heavy atom. The Morgan fingerprint density at radius 2 is 1.83 bits per heavy atom. The van der Waals surface area contributed by atoms with Gasteiger partial charge in [0.25, 0.3) is 0 Å². The molecule has 0 amide bonds. The van der Waals surface area contributed by atoms with Gasteiger partial charge in [-0.2, -0.15) is 5.10 Å². The van der Waals surface area contributed by atoms with Crippen LogP contribution in [-0.4, -0.2) is 30.1 Å². The third kappa shape index (κ3) is 2.63. The average Bonchev–Trinajstić information content (AvgIpc) is 3.52. The summed E-state index contributed by atoms with van der Waals surface area (Å²) in [6, 6.07) is 16.6. The van der Waals surface area contributed by atoms with E-state index in [4.69, 9.17) is 4.98 Å². The predicted octanol–water partition coefficient (Wildman–Crippen LogP) is 5.29. The van der Waals surface area contributed by atoms with Crippen LogP contribution in [0.15, 0.2) is 72.6 Å². The summed E-state index contributed by atoms with van der Waals surface area (Å²) in [6.45, 7) is 0. The third-order valence-corrected chi connectivity index (χ3v) is 5.87. The zero-order valence-corrected chi connectivity index (χ0v) is 15.9. The zero-order valence-electron chi connectivity index (χ0n) is 15.1. The van der Waals surface area contributed by atoms with E-state index in [0.717, 1.165) is 39.2 Å². The predicted molar refractivity (Wildman–Crippen MR) is 116 cm³/mol. The second-order valence-corrected chi connectivity index (χ2v) is 7.67. The number of aromatic nitrogens is 6. The van der Waals surface area contributed by atoms with Gasteiger partial charge in [0, 0.05) is 39.3 Å². The summed E-state index contributed by atoms with van der Waals surface area (Å²) in [5, 5.41) is 10.9. The largest absolute Gasteiger partial charge is 0.353 e. The van der Waals surface area contributed by atoms with Crippen molar-refractivity contribution in [2.45, 2.75) is 0 Å². The van der Waals surface area contributed by atoms with Crippen LogP contribution in [0.4, 0.5) is 0 Å². The van der Waals surface area contributed by atoms with Crippen molar-refractivity contribution >= 4 is 33.3 Å². The third-order valence-electron chi connectivity index (χ3n) is 4.97. The number of pyridine rings is 1. The highest BCUT2D eigenvalue weighted by atomic mass is 32.1. The van der Waals surface area contributed by atoms with Gasteiger partial charge in [-0.25, -0.2) is 15.0 Å². The van der Waals surface area contributed by atoms with Gasteiger partial charge in [-0.15, -0.1) is 11.3 Å². The second-order valence-electron chi connectivity index (χ2n) is 6.72. The number of thiophene rings is 1. The van der Waals surface area contributed by atoms with Crippen LogP contribution in [0.1, 0.15) is 0 Å². The van der Waals surface area contributed by atoms with Crippen molar-refractivity contribution in [3.05, 3.63) is 72.6 Å². The molecule has 0 unspecified atom stereocenters. The summed E-state index contributed by atoms with van der Waals surface area (Å²) in [4.78, 5) is 17.8. The minimum absolute atomic E-state index is 0.798. The number of nitrogens with one attached hydrogen (secondary N) is 2. The smallest absolute Gasteiger partial charge is 0.135 e. The Balaban J connectivity index is 1.53. The summed E-state index contributed by atoms with van der Waals surface area (Å²) in [5.74, 6) is 0. The van der Waals surface area contributed by atoms with Crippen molar-refractivity contribution in [2.24, 2.45) is 0 Å². The van der Waals surface area contributed by atoms with Crippen LogP contribution in [-0.2, 0) is 0 Å². The first-order valence-electron chi connectivity index (χ1n) is 9.13. The summed E-state index contributed by atoms with van der Waals surface area (Å²) in [5.41, 5.74) is 7.42. The van der Waals surface area contributed by atoms with Crippen molar-refractivity contribution < 1.29 is 0 Å². The number of nitrogens with zero attached hydrogens (tertiary/aromatic N) is 4. The fraction of sp³-hybridized carbons (Fsp3) is 0. The quantitative estimate of drug-likeness (QED) is 0.427. The molecule has 0 aliphatic rings. The zero-order chi connectivity index (χ0) is 19.2. The average molecular weight is 394 g/mol. The van der Waals surface area contributed by atoms with Gasteiger partial charge in [0.1, 0.15) is 17.5 Å². The Labute approximate surface area is 169 Å². The number of aromatic amines is 2. The molecule has 0 radical (unpaired) electrons. The van der Waals surface area contributed by atoms with E-state index in [2.05, 4.69) is 66.9 Å². The standard InChI is InChI=1S/C22H14N6S/c1-3-14(20-5-2-8-29-20)15-9-19(25-17(15)4-1)22-21-18(27-28-22)7-6-16(26-21)13-10-23-12-24-11-13/h1-12,25H,(H,27,28). The molecule has 138 valence electrons. The highest BCUT2D eigenvalue weighted by Gasteiger charge is 2.15. The van der Waals surface area contributed by atoms with E-state index in [-0.39, 0.29) is 0 Å². The molecule has 6 aromatic rings. The van der Waals surface area contributed by atoms with E-state index in [9.17, 15) is 0 Å². The van der Waals surface area contributed by atoms with Gasteiger partial charge in [-0.05, 0) is 35.7 Å². The number of hydrogen-bond acceptors (Lipinski definition) is 5. The molecule has 1 aromatic carbocycles. The summed E-state index contributed by atoms with van der Waals surface area (Å²) < 4.78 is 0. The van der Waals surface area contributed by atoms with E-state index < -0.39 is 0 Å². The maximum atomic E-state index is 4.83. The van der Waals surface area contributed by atoms with Crippen LogP contribution >= 0.6 is 11.3 Å². The summed E-state index contributed by atoms with van der Waals surface area (Å²) in [6.07, 6.45) is 5.04. The molecule has 0 aliphatic carbocycles. The number of rotatable bonds is 3. The molecule has 0 spiro atoms. The Hall–Kier alpha value is -3.84. The van der Waals surface area contributed by atoms with Gasteiger partial charge < -0.3 is 4.98 Å². The molecule has 0 saturated heterocycles. The molecule has 29 heavy (non-hydrogen) atoms. The van der Waals surface area contributed by atoms with Crippen LogP contribution in [0.5, 0.6) is 0 Å². The SMILES string of the molecule is c1csc(-c2cccc3[nH]c(-c4n[nH]c5ccc(-c6cncnc6)nc45)cc23)c1. The molecule has 7 heteroatoms. The maximum Gasteiger partial charge on any atom is 0.135 e. The molecule has 6 nitrogen and oxygen atoms in total. The van der Waals surface area contributed by atoms with E-state index in [1.54, 1.807) is 23.7 Å². The molecular formula is C22H14N6S. The monoisotopic (exact) mass is 394 g/mol. The van der Waals surface area contributed by atoms with Gasteiger partial charge >= 0.3 is 0 Å². The van der Waals surface area contributed by atoms with Crippen LogP contribution in [0.3, 0.4) is 0 Å². The lowest BCUT2D eigenvalue weighted by Crippen LogP contribution is -1.87. The Bertz CT molecular complexity index is 1450. The summed E-state index contributed by atoms with van der Waals surface area (Å²) >= 11 is 1.74. The fourth-order valence-corrected chi connectivity index (χ4v) is 4.37. The minimum Gasteiger partial charge on any atom is -0.353 e. The van der Waals surface area contributed by atoms with Crippen LogP contribution < -0.4 is 0 Å². The lowest BCUT2D eigenvalue weighted by Gasteiger charge is -2.00. The van der Waals surface area contributed by atoms with E-state index in [1.165, 1.54) is 22.2 Å². The van der Waals surface area contributed by atoms with Crippen LogP contribution in [0.2, 0.25) is 0 Å². The number of fused-ring (bicyclic) bond motifs is 2. The maximum absolute atomic E-state index is 4.83. The first-order chi connectivity index (χ1) is 14.4. The van der Waals surface area contributed by atoms with Gasteiger partial charge in [0.2, 0.25) is 0 Å². The molecule has 0 atom stereocenters. The molecule has 0 bridgehead atoms. The van der Waals surface area contributed by atoms with Crippen molar-refractivity contribution in [3.8, 4) is 33.1 Å². The molecule has 0 aliphatic heterocycles. The fourth-order valence-electron chi connectivity index (χ4n) is 3.61. The Morgan fingerprint density at radius 3 is 2.69 bits per heavy atom. The van der Waals surface area contributed by atoms with Crippen LogP contribution in [0, 0.1) is 0 Å². The Kier molecular flexibility index (Phi) is 3.54. The van der Waals surface area contributed by atoms with E-state index >= 15 is 0 Å². The summed E-state index contributed by atoms with van der Waals surface area (Å²) in [7, 11) is 0. The molecule has 6 rings (SSSR count). The normalized spacial score (nSPS) is 11.4. The van der Waals surface area contributed by atoms with Crippen molar-refractivity contribution in [3.63, 3.8) is 0 Å². The van der Waals surface area contributed by atoms with Gasteiger partial charge in [-0.3, -0.25) is 5.10 Å². The first-order valence-corrected chi connectivity index (χ1v) is 10.0. The highest BCUT2D eigenvalue weighted by molar-refractivity contribution is 7.13. The number of benzene rings is 1. The van der Waals surface area contributed by atoms with E-state index in [0.29, 0.717) is 0 Å². The molecule has 5 heterocycles. The molecule has 2 N–H and O–H groups in total. The van der Waals surface area contributed by atoms with Gasteiger partial charge in [0.05, 0.1) is 16.9 Å². The molecule has 5 aromatic heterocycles. The van der Waals surface area contributed by atoms with Gasteiger partial charge in [0.15, 0.2) is 0 Å². The highest BCUT2D eigenvalue weighted by Crippen LogP contribution is 2.35. The van der Waals surface area contributed by atoms with Crippen molar-refractivity contribution in [1.82, 2.24) is 30.1 Å². The lowest BCUT2D eigenvalue weighted by atomic mass is 10.1. The molecular weight excluding hydrogens is 380 g/mol. The van der Waals surface area contributed by atoms with E-state index in [1.807, 2.05) is 12.1 Å². The van der Waals surface area contributed by atoms with Crippen molar-refractivity contribution in [1.29, 1.82) is 0 Å². The number of H-pyrrole nitrogens is 2. The number of hydrogen-bond donors (Lipinski definition) is 2. The molecule has 0 saturated carbocycles. The van der Waals surface area contributed by atoms with Crippen LogP contribution in [0.25, 0.3) is 55.0 Å². The second kappa shape index (κ2) is 6.35. The minimum atomic E-state index is 0.798. The molecule has 0 fully saturated rings. The van der Waals surface area contributed by atoms with Gasteiger partial charge in [-0.1, -0.05) is 18.2 Å². The first kappa shape index (κ1) is 16.1. The topological polar surface area (TPSA) is 83.1 Å².